The van der Waals surface area contributed by atoms with Crippen molar-refractivity contribution in [1.29, 1.82) is 5.26 Å². The van der Waals surface area contributed by atoms with E-state index in [1.807, 2.05) is 6.07 Å². The van der Waals surface area contributed by atoms with Crippen molar-refractivity contribution in [3.05, 3.63) is 52.5 Å². The summed E-state index contributed by atoms with van der Waals surface area (Å²) in [6.07, 6.45) is 3.13. The van der Waals surface area contributed by atoms with Gasteiger partial charge in [-0.1, -0.05) is 12.1 Å². The Kier molecular flexibility index (Phi) is 5.77. The fourth-order valence-corrected chi connectivity index (χ4v) is 2.72. The summed E-state index contributed by atoms with van der Waals surface area (Å²) in [7, 11) is 0. The smallest absolute Gasteiger partial charge is 0.248 e. The lowest BCUT2D eigenvalue weighted by Gasteiger charge is -2.19. The number of fused-ring (bicyclic) bond motifs is 1. The van der Waals surface area contributed by atoms with Gasteiger partial charge < -0.3 is 19.5 Å². The highest BCUT2D eigenvalue weighted by Gasteiger charge is 2.15. The van der Waals surface area contributed by atoms with Crippen molar-refractivity contribution in [1.82, 2.24) is 0 Å². The average molecular weight is 415 g/mol. The molecule has 26 heavy (non-hydrogen) atoms. The molecule has 1 amide bonds. The second kappa shape index (κ2) is 8.41. The molecule has 0 unspecified atom stereocenters. The van der Waals surface area contributed by atoms with Gasteiger partial charge in [-0.05, 0) is 39.7 Å². The highest BCUT2D eigenvalue weighted by Crippen LogP contribution is 2.38. The molecule has 0 saturated heterocycles. The van der Waals surface area contributed by atoms with Gasteiger partial charge in [0.1, 0.15) is 25.0 Å². The van der Waals surface area contributed by atoms with E-state index in [0.29, 0.717) is 40.6 Å². The van der Waals surface area contributed by atoms with Gasteiger partial charge in [-0.3, -0.25) is 4.79 Å². The van der Waals surface area contributed by atoms with Crippen molar-refractivity contribution in [3.63, 3.8) is 0 Å². The van der Waals surface area contributed by atoms with Crippen LogP contribution < -0.4 is 19.5 Å². The summed E-state index contributed by atoms with van der Waals surface area (Å²) >= 11 is 3.42. The standard InChI is InChI=1S/C19H15BrN2O4/c20-15-11-17-18(26-10-9-25-17)12-16(15)22-19(23)6-3-13-1-4-14(5-2-13)24-8-7-21/h1-6,11-12H,8-10H2,(H,22,23). The Bertz CT molecular complexity index is 872. The van der Waals surface area contributed by atoms with Gasteiger partial charge in [0.2, 0.25) is 5.91 Å². The van der Waals surface area contributed by atoms with Crippen molar-refractivity contribution < 1.29 is 19.0 Å². The molecule has 2 aromatic carbocycles. The van der Waals surface area contributed by atoms with Gasteiger partial charge in [0.25, 0.3) is 0 Å². The molecule has 0 fully saturated rings. The highest BCUT2D eigenvalue weighted by molar-refractivity contribution is 9.10. The lowest BCUT2D eigenvalue weighted by atomic mass is 10.2. The van der Waals surface area contributed by atoms with E-state index in [4.69, 9.17) is 19.5 Å². The van der Waals surface area contributed by atoms with Gasteiger partial charge in [0.15, 0.2) is 18.1 Å². The van der Waals surface area contributed by atoms with Crippen molar-refractivity contribution >= 4 is 33.6 Å². The molecule has 1 N–H and O–H groups in total. The van der Waals surface area contributed by atoms with Crippen LogP contribution in [-0.4, -0.2) is 25.7 Å². The predicted molar refractivity (Wildman–Crippen MR) is 100 cm³/mol. The summed E-state index contributed by atoms with van der Waals surface area (Å²) < 4.78 is 16.9. The van der Waals surface area contributed by atoms with Crippen LogP contribution in [0.1, 0.15) is 5.56 Å². The number of benzene rings is 2. The largest absolute Gasteiger partial charge is 0.486 e. The number of hydrogen-bond acceptors (Lipinski definition) is 5. The van der Waals surface area contributed by atoms with Crippen LogP contribution >= 0.6 is 15.9 Å². The van der Waals surface area contributed by atoms with Crippen LogP contribution in [0.25, 0.3) is 6.08 Å². The third-order valence-electron chi connectivity index (χ3n) is 3.50. The number of halogens is 1. The molecule has 0 aromatic heterocycles. The summed E-state index contributed by atoms with van der Waals surface area (Å²) in [5.41, 5.74) is 1.44. The maximum Gasteiger partial charge on any atom is 0.248 e. The van der Waals surface area contributed by atoms with E-state index in [9.17, 15) is 4.79 Å². The number of rotatable bonds is 5. The number of ether oxygens (including phenoxy) is 3. The zero-order chi connectivity index (χ0) is 18.4. The first-order valence-electron chi connectivity index (χ1n) is 7.84. The minimum atomic E-state index is -0.271. The number of hydrogen-bond donors (Lipinski definition) is 1. The average Bonchev–Trinajstić information content (AvgIpc) is 2.66. The lowest BCUT2D eigenvalue weighted by molar-refractivity contribution is -0.111. The van der Waals surface area contributed by atoms with Gasteiger partial charge in [0.05, 0.1) is 5.69 Å². The Labute approximate surface area is 159 Å². The molecule has 3 rings (SSSR count). The van der Waals surface area contributed by atoms with Crippen molar-refractivity contribution in [2.45, 2.75) is 0 Å². The molecule has 0 saturated carbocycles. The zero-order valence-electron chi connectivity index (χ0n) is 13.7. The quantitative estimate of drug-likeness (QED) is 0.752. The molecular formula is C19H15BrN2O4. The topological polar surface area (TPSA) is 80.6 Å². The summed E-state index contributed by atoms with van der Waals surface area (Å²) in [5, 5.41) is 11.3. The molecule has 7 heteroatoms. The molecule has 6 nitrogen and oxygen atoms in total. The van der Waals surface area contributed by atoms with Crippen LogP contribution in [-0.2, 0) is 4.79 Å². The van der Waals surface area contributed by atoms with E-state index in [1.54, 1.807) is 42.5 Å². The Hall–Kier alpha value is -2.98. The molecule has 0 bridgehead atoms. The first-order valence-corrected chi connectivity index (χ1v) is 8.63. The maximum absolute atomic E-state index is 12.2. The highest BCUT2D eigenvalue weighted by atomic mass is 79.9. The monoisotopic (exact) mass is 414 g/mol. The minimum Gasteiger partial charge on any atom is -0.486 e. The van der Waals surface area contributed by atoms with E-state index in [0.717, 1.165) is 5.56 Å². The van der Waals surface area contributed by atoms with Crippen LogP contribution in [0.5, 0.6) is 17.2 Å². The van der Waals surface area contributed by atoms with Crippen molar-refractivity contribution in [2.75, 3.05) is 25.1 Å². The number of nitrogens with zero attached hydrogens (tertiary/aromatic N) is 1. The number of anilines is 1. The zero-order valence-corrected chi connectivity index (χ0v) is 15.3. The normalized spacial score (nSPS) is 12.5. The maximum atomic E-state index is 12.2. The predicted octanol–water partition coefficient (Wildman–Crippen LogP) is 3.77. The summed E-state index contributed by atoms with van der Waals surface area (Å²) in [6, 6.07) is 12.5. The number of nitriles is 1. The molecule has 1 aliphatic rings. The molecule has 2 aromatic rings. The number of amides is 1. The Balaban J connectivity index is 1.63. The van der Waals surface area contributed by atoms with E-state index in [2.05, 4.69) is 21.2 Å². The van der Waals surface area contributed by atoms with Gasteiger partial charge in [0, 0.05) is 22.7 Å². The first-order chi connectivity index (χ1) is 12.7. The van der Waals surface area contributed by atoms with Gasteiger partial charge in [-0.15, -0.1) is 0 Å². The molecule has 0 atom stereocenters. The molecule has 0 radical (unpaired) electrons. The van der Waals surface area contributed by atoms with E-state index >= 15 is 0 Å². The Morgan fingerprint density at radius 2 is 1.92 bits per heavy atom. The molecule has 132 valence electrons. The molecule has 0 spiro atoms. The van der Waals surface area contributed by atoms with Crippen LogP contribution in [0.15, 0.2) is 46.9 Å². The van der Waals surface area contributed by atoms with E-state index < -0.39 is 0 Å². The van der Waals surface area contributed by atoms with Crippen LogP contribution in [0.2, 0.25) is 0 Å². The third kappa shape index (κ3) is 4.55. The number of carbonyl (C=O) groups is 1. The number of carbonyl (C=O) groups excluding carboxylic acids is 1. The second-order valence-electron chi connectivity index (χ2n) is 5.31. The van der Waals surface area contributed by atoms with Gasteiger partial charge >= 0.3 is 0 Å². The lowest BCUT2D eigenvalue weighted by Crippen LogP contribution is -2.16. The van der Waals surface area contributed by atoms with Crippen LogP contribution in [0.4, 0.5) is 5.69 Å². The fraction of sp³-hybridized carbons (Fsp3) is 0.158. The summed E-state index contributed by atoms with van der Waals surface area (Å²) in [6.45, 7) is 0.992. The Morgan fingerprint density at radius 1 is 1.23 bits per heavy atom. The van der Waals surface area contributed by atoms with Gasteiger partial charge in [-0.25, -0.2) is 0 Å². The number of nitrogens with one attached hydrogen (secondary N) is 1. The molecular weight excluding hydrogens is 400 g/mol. The third-order valence-corrected chi connectivity index (χ3v) is 4.16. The van der Waals surface area contributed by atoms with Gasteiger partial charge in [-0.2, -0.15) is 5.26 Å². The first kappa shape index (κ1) is 17.8. The fourth-order valence-electron chi connectivity index (χ4n) is 2.30. The second-order valence-corrected chi connectivity index (χ2v) is 6.17. The molecule has 1 aliphatic heterocycles. The molecule has 0 aliphatic carbocycles. The van der Waals surface area contributed by atoms with Crippen LogP contribution in [0.3, 0.4) is 0 Å². The summed E-state index contributed by atoms with van der Waals surface area (Å²) in [4.78, 5) is 12.2. The summed E-state index contributed by atoms with van der Waals surface area (Å²) in [5.74, 6) is 1.59. The van der Waals surface area contributed by atoms with Crippen LogP contribution in [0, 0.1) is 11.3 Å². The van der Waals surface area contributed by atoms with Crippen molar-refractivity contribution in [3.8, 4) is 23.3 Å². The molecule has 1 heterocycles. The van der Waals surface area contributed by atoms with Crippen molar-refractivity contribution in [2.24, 2.45) is 0 Å². The Morgan fingerprint density at radius 3 is 2.62 bits per heavy atom. The van der Waals surface area contributed by atoms with E-state index in [-0.39, 0.29) is 12.5 Å². The minimum absolute atomic E-state index is 0.00199. The van der Waals surface area contributed by atoms with E-state index in [1.165, 1.54) is 6.08 Å². The SMILES string of the molecule is N#CCOc1ccc(C=CC(=O)Nc2cc3c(cc2Br)OCCO3)cc1.